The van der Waals surface area contributed by atoms with E-state index in [1.165, 1.54) is 26.6 Å². The minimum atomic E-state index is -3.47. The van der Waals surface area contributed by atoms with Crippen LogP contribution in [0.3, 0.4) is 0 Å². The zero-order valence-corrected chi connectivity index (χ0v) is 19.4. The molecule has 4 nitrogen and oxygen atoms in total. The van der Waals surface area contributed by atoms with E-state index in [4.69, 9.17) is 0 Å². The first-order valence-electron chi connectivity index (χ1n) is 10.9. The average molecular weight is 425 g/mol. The lowest BCUT2D eigenvalue weighted by Gasteiger charge is -2.39. The number of benzene rings is 2. The highest BCUT2D eigenvalue weighted by molar-refractivity contribution is 7.89. The van der Waals surface area contributed by atoms with E-state index in [-0.39, 0.29) is 12.0 Å². The highest BCUT2D eigenvalue weighted by atomic mass is 32.2. The fourth-order valence-electron chi connectivity index (χ4n) is 5.41. The molecule has 0 spiro atoms. The van der Waals surface area contributed by atoms with Gasteiger partial charge in [0.15, 0.2) is 0 Å². The Morgan fingerprint density at radius 3 is 2.33 bits per heavy atom. The van der Waals surface area contributed by atoms with Gasteiger partial charge in [0.25, 0.3) is 0 Å². The summed E-state index contributed by atoms with van der Waals surface area (Å²) in [6.07, 6.45) is 5.52. The van der Waals surface area contributed by atoms with Crippen LogP contribution in [-0.4, -0.2) is 25.8 Å². The van der Waals surface area contributed by atoms with Gasteiger partial charge in [-0.1, -0.05) is 43.7 Å². The molecule has 1 aliphatic heterocycles. The van der Waals surface area contributed by atoms with Crippen molar-refractivity contribution in [1.29, 1.82) is 0 Å². The molecule has 160 valence electrons. The summed E-state index contributed by atoms with van der Waals surface area (Å²) in [6.45, 7) is 11.3. The Balaban J connectivity index is 1.78. The van der Waals surface area contributed by atoms with Crippen molar-refractivity contribution in [1.82, 2.24) is 4.31 Å². The molecular formula is C25H32N2O2S. The number of hydrogen-bond donors (Lipinski definition) is 1. The summed E-state index contributed by atoms with van der Waals surface area (Å²) in [5.74, 6) is 0.627. The Hall–Kier alpha value is -2.11. The van der Waals surface area contributed by atoms with Gasteiger partial charge in [0.2, 0.25) is 10.0 Å². The molecular weight excluding hydrogens is 392 g/mol. The Kier molecular flexibility index (Phi) is 5.54. The molecule has 1 N–H and O–H groups in total. The summed E-state index contributed by atoms with van der Waals surface area (Å²) >= 11 is 0. The van der Waals surface area contributed by atoms with Crippen molar-refractivity contribution in [2.45, 2.75) is 57.9 Å². The first kappa shape index (κ1) is 21.1. The van der Waals surface area contributed by atoms with Crippen LogP contribution in [0.1, 0.15) is 60.0 Å². The third-order valence-electron chi connectivity index (χ3n) is 6.73. The number of aryl methyl sites for hydroxylation is 3. The van der Waals surface area contributed by atoms with E-state index in [1.807, 2.05) is 26.0 Å². The number of hydrogen-bond acceptors (Lipinski definition) is 3. The molecule has 1 aliphatic carbocycles. The molecule has 0 amide bonds. The fraction of sp³-hybridized carbons (Fsp3) is 0.440. The summed E-state index contributed by atoms with van der Waals surface area (Å²) in [5, 5.41) is 3.77. The third-order valence-corrected chi connectivity index (χ3v) is 8.77. The van der Waals surface area contributed by atoms with Crippen LogP contribution in [0, 0.1) is 26.7 Å². The van der Waals surface area contributed by atoms with Crippen molar-refractivity contribution in [3.05, 3.63) is 70.3 Å². The maximum atomic E-state index is 13.1. The minimum absolute atomic E-state index is 0.225. The number of nitrogens with zero attached hydrogens (tertiary/aromatic N) is 1. The smallest absolute Gasteiger partial charge is 0.243 e. The van der Waals surface area contributed by atoms with Crippen LogP contribution in [0.5, 0.6) is 0 Å². The van der Waals surface area contributed by atoms with Crippen molar-refractivity contribution in [2.24, 2.45) is 5.92 Å². The molecule has 2 aliphatic rings. The van der Waals surface area contributed by atoms with Crippen LogP contribution in [0.4, 0.5) is 5.69 Å². The molecule has 3 unspecified atom stereocenters. The fourth-order valence-corrected chi connectivity index (χ4v) is 6.91. The Bertz CT molecular complexity index is 1080. The quantitative estimate of drug-likeness (QED) is 0.648. The molecule has 0 radical (unpaired) electrons. The standard InChI is InChI=1S/C25H32N2O2S/c1-6-27(7-2)30(28,29)19-11-12-23-22(15-19)20-9-8-10-21(20)25(26-23)24-17(4)13-16(3)14-18(24)5/h8-9,11-15,20-21,25-26H,6-7,10H2,1-5H3. The van der Waals surface area contributed by atoms with Crippen molar-refractivity contribution in [3.63, 3.8) is 0 Å². The van der Waals surface area contributed by atoms with Crippen LogP contribution in [0.25, 0.3) is 0 Å². The number of allylic oxidation sites excluding steroid dienone is 2. The topological polar surface area (TPSA) is 49.4 Å². The van der Waals surface area contributed by atoms with Crippen molar-refractivity contribution in [3.8, 4) is 0 Å². The lowest BCUT2D eigenvalue weighted by Crippen LogP contribution is -2.32. The van der Waals surface area contributed by atoms with Gasteiger partial charge in [-0.25, -0.2) is 8.42 Å². The van der Waals surface area contributed by atoms with Crippen LogP contribution < -0.4 is 5.32 Å². The van der Waals surface area contributed by atoms with Gasteiger partial charge in [-0.05, 0) is 73.6 Å². The van der Waals surface area contributed by atoms with E-state index in [1.54, 1.807) is 6.07 Å². The predicted octanol–water partition coefficient (Wildman–Crippen LogP) is 5.47. The molecule has 0 saturated carbocycles. The third kappa shape index (κ3) is 3.38. The summed E-state index contributed by atoms with van der Waals surface area (Å²) in [6, 6.07) is 10.4. The van der Waals surface area contributed by atoms with Crippen LogP contribution in [-0.2, 0) is 10.0 Å². The summed E-state index contributed by atoms with van der Waals surface area (Å²) in [5.41, 5.74) is 7.45. The van der Waals surface area contributed by atoms with Gasteiger partial charge in [0, 0.05) is 24.7 Å². The Morgan fingerprint density at radius 2 is 1.70 bits per heavy atom. The van der Waals surface area contributed by atoms with Crippen molar-refractivity contribution < 1.29 is 8.42 Å². The van der Waals surface area contributed by atoms with E-state index < -0.39 is 10.0 Å². The Morgan fingerprint density at radius 1 is 1.03 bits per heavy atom. The van der Waals surface area contributed by atoms with Crippen molar-refractivity contribution >= 4 is 15.7 Å². The monoisotopic (exact) mass is 424 g/mol. The number of anilines is 1. The van der Waals surface area contributed by atoms with Crippen LogP contribution in [0.15, 0.2) is 47.4 Å². The number of fused-ring (bicyclic) bond motifs is 3. The maximum Gasteiger partial charge on any atom is 0.243 e. The van der Waals surface area contributed by atoms with E-state index in [0.717, 1.165) is 17.7 Å². The largest absolute Gasteiger partial charge is 0.378 e. The first-order valence-corrected chi connectivity index (χ1v) is 12.4. The van der Waals surface area contributed by atoms with Gasteiger partial charge in [-0.3, -0.25) is 0 Å². The zero-order valence-electron chi connectivity index (χ0n) is 18.6. The SMILES string of the molecule is CCN(CC)S(=O)(=O)c1ccc2c(c1)C1C=CCC1C(c1c(C)cc(C)cc1C)N2. The number of sulfonamides is 1. The average Bonchev–Trinajstić information content (AvgIpc) is 3.18. The second-order valence-corrected chi connectivity index (χ2v) is 10.6. The number of rotatable bonds is 5. The van der Waals surface area contributed by atoms with Gasteiger partial charge in [-0.2, -0.15) is 4.31 Å². The van der Waals surface area contributed by atoms with E-state index in [2.05, 4.69) is 50.4 Å². The highest BCUT2D eigenvalue weighted by Crippen LogP contribution is 2.51. The van der Waals surface area contributed by atoms with E-state index in [9.17, 15) is 8.42 Å². The van der Waals surface area contributed by atoms with Gasteiger partial charge in [0.05, 0.1) is 10.9 Å². The molecule has 1 heterocycles. The molecule has 0 aromatic heterocycles. The second-order valence-electron chi connectivity index (χ2n) is 8.63. The molecule has 30 heavy (non-hydrogen) atoms. The first-order chi connectivity index (χ1) is 14.3. The molecule has 2 aromatic rings. The summed E-state index contributed by atoms with van der Waals surface area (Å²) in [4.78, 5) is 0.395. The van der Waals surface area contributed by atoms with Crippen LogP contribution in [0.2, 0.25) is 0 Å². The lowest BCUT2D eigenvalue weighted by molar-refractivity contribution is 0.422. The molecule has 0 saturated heterocycles. The maximum absolute atomic E-state index is 13.1. The molecule has 4 rings (SSSR count). The molecule has 3 atom stereocenters. The molecule has 2 aromatic carbocycles. The minimum Gasteiger partial charge on any atom is -0.378 e. The Labute approximate surface area is 181 Å². The zero-order chi connectivity index (χ0) is 21.6. The van der Waals surface area contributed by atoms with E-state index in [0.29, 0.717) is 23.9 Å². The molecule has 0 bridgehead atoms. The lowest BCUT2D eigenvalue weighted by atomic mass is 9.75. The second kappa shape index (κ2) is 7.86. The van der Waals surface area contributed by atoms with Gasteiger partial charge < -0.3 is 5.32 Å². The number of nitrogens with one attached hydrogen (secondary N) is 1. The highest BCUT2D eigenvalue weighted by Gasteiger charge is 2.39. The normalized spacial score (nSPS) is 22.7. The predicted molar refractivity (Wildman–Crippen MR) is 124 cm³/mol. The molecule has 0 fully saturated rings. The van der Waals surface area contributed by atoms with Gasteiger partial charge in [0.1, 0.15) is 0 Å². The summed E-state index contributed by atoms with van der Waals surface area (Å²) < 4.78 is 27.7. The van der Waals surface area contributed by atoms with Gasteiger partial charge in [-0.15, -0.1) is 0 Å². The van der Waals surface area contributed by atoms with E-state index >= 15 is 0 Å². The van der Waals surface area contributed by atoms with Gasteiger partial charge >= 0.3 is 0 Å². The van der Waals surface area contributed by atoms with Crippen LogP contribution >= 0.6 is 0 Å². The summed E-state index contributed by atoms with van der Waals surface area (Å²) in [7, 11) is -3.47. The molecule has 5 heteroatoms. The van der Waals surface area contributed by atoms with Crippen molar-refractivity contribution in [2.75, 3.05) is 18.4 Å².